The van der Waals surface area contributed by atoms with Crippen molar-refractivity contribution in [2.45, 2.75) is 20.0 Å². The Kier molecular flexibility index (Phi) is 5.62. The number of aromatic carboxylic acids is 1. The lowest BCUT2D eigenvalue weighted by Gasteiger charge is -2.12. The highest BCUT2D eigenvalue weighted by atomic mass is 19.2. The number of carboxylic acids is 1. The predicted molar refractivity (Wildman–Crippen MR) is 115 cm³/mol. The molecule has 0 radical (unpaired) electrons. The van der Waals surface area contributed by atoms with Crippen LogP contribution in [-0.2, 0) is 0 Å². The molecule has 0 saturated heterocycles. The number of carbonyl (C=O) groups is 1. The van der Waals surface area contributed by atoms with Crippen molar-refractivity contribution in [3.8, 4) is 23.1 Å². The first-order chi connectivity index (χ1) is 15.8. The van der Waals surface area contributed by atoms with Crippen LogP contribution >= 0.6 is 0 Å². The number of benzene rings is 2. The second kappa shape index (κ2) is 8.55. The molecule has 0 fully saturated rings. The third-order valence-corrected chi connectivity index (χ3v) is 4.96. The Morgan fingerprint density at radius 3 is 2.73 bits per heavy atom. The third kappa shape index (κ3) is 4.04. The van der Waals surface area contributed by atoms with E-state index >= 15 is 0 Å². The van der Waals surface area contributed by atoms with Gasteiger partial charge in [-0.2, -0.15) is 9.65 Å². The van der Waals surface area contributed by atoms with E-state index in [1.807, 2.05) is 0 Å². The molecule has 0 spiro atoms. The van der Waals surface area contributed by atoms with Crippen molar-refractivity contribution in [1.29, 1.82) is 5.26 Å². The summed E-state index contributed by atoms with van der Waals surface area (Å²) in [5.41, 5.74) is 1.93. The monoisotopic (exact) mass is 449 g/mol. The minimum atomic E-state index is -1.20. The SMILES string of the molecule is Cc1cc(Nc2nccn3c(-c4ccc(OC(C)C#N)c(F)c4F)cnc23)ccc1C(=O)O. The topological polar surface area (TPSA) is 113 Å². The lowest BCUT2D eigenvalue weighted by molar-refractivity contribution is 0.0696. The number of halogens is 2. The van der Waals surface area contributed by atoms with Crippen LogP contribution in [0, 0.1) is 29.9 Å². The van der Waals surface area contributed by atoms with Crippen LogP contribution in [0.1, 0.15) is 22.8 Å². The van der Waals surface area contributed by atoms with E-state index < -0.39 is 23.7 Å². The van der Waals surface area contributed by atoms with Gasteiger partial charge >= 0.3 is 5.97 Å². The number of aromatic nitrogens is 3. The maximum absolute atomic E-state index is 14.8. The van der Waals surface area contributed by atoms with Crippen molar-refractivity contribution in [3.05, 3.63) is 71.7 Å². The molecule has 0 aliphatic rings. The summed E-state index contributed by atoms with van der Waals surface area (Å²) in [6, 6.07) is 9.14. The molecule has 10 heteroatoms. The van der Waals surface area contributed by atoms with Crippen LogP contribution in [-0.4, -0.2) is 31.5 Å². The summed E-state index contributed by atoms with van der Waals surface area (Å²) in [4.78, 5) is 19.8. The number of rotatable bonds is 6. The fourth-order valence-corrected chi connectivity index (χ4v) is 3.36. The zero-order valence-electron chi connectivity index (χ0n) is 17.5. The van der Waals surface area contributed by atoms with Crippen LogP contribution in [0.2, 0.25) is 0 Å². The van der Waals surface area contributed by atoms with Gasteiger partial charge in [0.1, 0.15) is 6.07 Å². The largest absolute Gasteiger partial charge is 0.478 e. The van der Waals surface area contributed by atoms with Gasteiger partial charge in [0.15, 0.2) is 29.1 Å². The first-order valence-electron chi connectivity index (χ1n) is 9.77. The second-order valence-electron chi connectivity index (χ2n) is 7.20. The molecular weight excluding hydrogens is 432 g/mol. The highest BCUT2D eigenvalue weighted by Gasteiger charge is 2.20. The van der Waals surface area contributed by atoms with E-state index in [4.69, 9.17) is 10.00 Å². The molecular formula is C23H17F2N5O3. The number of nitriles is 1. The molecule has 2 aromatic heterocycles. The molecule has 166 valence electrons. The smallest absolute Gasteiger partial charge is 0.335 e. The van der Waals surface area contributed by atoms with Crippen LogP contribution in [0.5, 0.6) is 5.75 Å². The quantitative estimate of drug-likeness (QED) is 0.438. The Morgan fingerprint density at radius 1 is 1.24 bits per heavy atom. The standard InChI is InChI=1S/C23H17F2N5O3/c1-12-9-14(3-4-15(12)23(31)32)29-21-22-28-11-17(30(22)8-7-27-21)16-5-6-18(20(25)19(16)24)33-13(2)10-26/h3-9,11,13H,1-2H3,(H,27,29)(H,31,32). The molecule has 4 rings (SSSR count). The Bertz CT molecular complexity index is 1430. The fraction of sp³-hybridized carbons (Fsp3) is 0.130. The highest BCUT2D eigenvalue weighted by Crippen LogP contribution is 2.32. The van der Waals surface area contributed by atoms with Gasteiger partial charge < -0.3 is 15.2 Å². The first-order valence-corrected chi connectivity index (χ1v) is 9.77. The number of imidazole rings is 1. The van der Waals surface area contributed by atoms with E-state index in [0.717, 1.165) is 0 Å². The van der Waals surface area contributed by atoms with Crippen LogP contribution in [0.4, 0.5) is 20.3 Å². The summed E-state index contributed by atoms with van der Waals surface area (Å²) in [5.74, 6) is -3.38. The van der Waals surface area contributed by atoms with Crippen LogP contribution in [0.15, 0.2) is 48.9 Å². The molecule has 4 aromatic rings. The summed E-state index contributed by atoms with van der Waals surface area (Å²) in [6.45, 7) is 3.10. The van der Waals surface area contributed by atoms with Gasteiger partial charge in [-0.3, -0.25) is 4.40 Å². The van der Waals surface area contributed by atoms with Crippen molar-refractivity contribution in [1.82, 2.24) is 14.4 Å². The van der Waals surface area contributed by atoms with Crippen LogP contribution in [0.3, 0.4) is 0 Å². The number of nitrogens with zero attached hydrogens (tertiary/aromatic N) is 4. The zero-order valence-corrected chi connectivity index (χ0v) is 17.5. The zero-order chi connectivity index (χ0) is 23.7. The van der Waals surface area contributed by atoms with E-state index in [2.05, 4.69) is 15.3 Å². The van der Waals surface area contributed by atoms with Gasteiger partial charge in [-0.25, -0.2) is 19.2 Å². The summed E-state index contributed by atoms with van der Waals surface area (Å²) in [7, 11) is 0. The minimum absolute atomic E-state index is 0.0456. The van der Waals surface area contributed by atoms with Gasteiger partial charge in [0, 0.05) is 23.6 Å². The molecule has 2 N–H and O–H groups in total. The molecule has 8 nitrogen and oxygen atoms in total. The van der Waals surface area contributed by atoms with Crippen molar-refractivity contribution in [3.63, 3.8) is 0 Å². The second-order valence-corrected chi connectivity index (χ2v) is 7.20. The van der Waals surface area contributed by atoms with E-state index in [1.54, 1.807) is 35.7 Å². The average Bonchev–Trinajstić information content (AvgIpc) is 3.22. The molecule has 0 aliphatic carbocycles. The molecule has 0 bridgehead atoms. The molecule has 0 amide bonds. The molecule has 1 atom stereocenters. The molecule has 0 aliphatic heterocycles. The van der Waals surface area contributed by atoms with Crippen molar-refractivity contribution >= 4 is 23.1 Å². The maximum atomic E-state index is 14.8. The first kappa shape index (κ1) is 21.7. The number of hydrogen-bond acceptors (Lipinski definition) is 6. The van der Waals surface area contributed by atoms with Crippen LogP contribution < -0.4 is 10.1 Å². The number of carboxylic acid groups (broad SMARTS) is 1. The number of nitrogens with one attached hydrogen (secondary N) is 1. The van der Waals surface area contributed by atoms with Crippen molar-refractivity contribution in [2.75, 3.05) is 5.32 Å². The Hall–Kier alpha value is -4.52. The molecule has 2 aromatic carbocycles. The number of aryl methyl sites for hydroxylation is 1. The summed E-state index contributed by atoms with van der Waals surface area (Å²) in [5, 5.41) is 21.1. The van der Waals surface area contributed by atoms with Crippen molar-refractivity contribution in [2.24, 2.45) is 0 Å². The Balaban J connectivity index is 1.71. The highest BCUT2D eigenvalue weighted by molar-refractivity contribution is 5.90. The van der Waals surface area contributed by atoms with Gasteiger partial charge in [0.2, 0.25) is 5.82 Å². The third-order valence-electron chi connectivity index (χ3n) is 4.96. The number of ether oxygens (including phenoxy) is 1. The number of fused-ring (bicyclic) bond motifs is 1. The maximum Gasteiger partial charge on any atom is 0.335 e. The number of anilines is 2. The van der Waals surface area contributed by atoms with Gasteiger partial charge in [0.05, 0.1) is 17.5 Å². The summed E-state index contributed by atoms with van der Waals surface area (Å²) in [6.07, 6.45) is 3.48. The predicted octanol–water partition coefficient (Wildman–Crippen LogP) is 4.72. The number of hydrogen-bond donors (Lipinski definition) is 2. The summed E-state index contributed by atoms with van der Waals surface area (Å²) < 4.78 is 36.0. The molecule has 2 heterocycles. The summed E-state index contributed by atoms with van der Waals surface area (Å²) >= 11 is 0. The normalized spacial score (nSPS) is 11.7. The fourth-order valence-electron chi connectivity index (χ4n) is 3.36. The Labute approximate surface area is 186 Å². The minimum Gasteiger partial charge on any atom is -0.478 e. The van der Waals surface area contributed by atoms with Crippen molar-refractivity contribution < 1.29 is 23.4 Å². The lowest BCUT2D eigenvalue weighted by Crippen LogP contribution is -2.10. The van der Waals surface area contributed by atoms with E-state index in [9.17, 15) is 18.7 Å². The van der Waals surface area contributed by atoms with E-state index in [-0.39, 0.29) is 22.6 Å². The van der Waals surface area contributed by atoms with E-state index in [0.29, 0.717) is 22.7 Å². The van der Waals surface area contributed by atoms with Gasteiger partial charge in [-0.1, -0.05) is 0 Å². The molecule has 1 unspecified atom stereocenters. The van der Waals surface area contributed by atoms with Gasteiger partial charge in [0.25, 0.3) is 0 Å². The molecule has 33 heavy (non-hydrogen) atoms. The molecule has 0 saturated carbocycles. The van der Waals surface area contributed by atoms with Gasteiger partial charge in [-0.15, -0.1) is 0 Å². The lowest BCUT2D eigenvalue weighted by atomic mass is 10.1. The van der Waals surface area contributed by atoms with Gasteiger partial charge in [-0.05, 0) is 49.7 Å². The van der Waals surface area contributed by atoms with E-state index in [1.165, 1.54) is 37.5 Å². The average molecular weight is 449 g/mol. The van der Waals surface area contributed by atoms with Crippen LogP contribution in [0.25, 0.3) is 16.9 Å². The Morgan fingerprint density at radius 2 is 2.03 bits per heavy atom.